The molecular formula is C51H33NOS. The van der Waals surface area contributed by atoms with E-state index in [0.29, 0.717) is 0 Å². The number of benzene rings is 8. The number of nitrogens with zero attached hydrogens (tertiary/aromatic N) is 1. The quantitative estimate of drug-likeness (QED) is 0.179. The molecule has 0 saturated heterocycles. The molecule has 3 heteroatoms. The van der Waals surface area contributed by atoms with Crippen LogP contribution in [0.25, 0.3) is 103 Å². The minimum Gasteiger partial charge on any atom is -0.456 e. The maximum atomic E-state index is 6.17. The molecule has 11 aromatic rings. The minimum atomic E-state index is -0.0667. The first-order valence-corrected chi connectivity index (χ1v) is 19.5. The van der Waals surface area contributed by atoms with E-state index in [9.17, 15) is 0 Å². The topological polar surface area (TPSA) is 18.1 Å². The predicted octanol–water partition coefficient (Wildman–Crippen LogP) is 14.7. The highest BCUT2D eigenvalue weighted by Crippen LogP contribution is 2.54. The van der Waals surface area contributed by atoms with Crippen LogP contribution < -0.4 is 0 Å². The standard InChI is InChI=1S/C51H33NOS/c1-51(2)42-21-16-30(29-41(42)49-43(51)22-20-37-36-13-7-9-15-48(36)54-50(37)49)31-17-23-44-38(26-31)39-27-32(18-24-45(39)52(44)34-10-4-3-5-11-34)33-19-25-47-40(28-33)35-12-6-8-14-46(35)53-47/h3-29H,1-2H3. The SMILES string of the molecule is CC1(C)c2ccc(-c3ccc4c(c3)c3cc(-c5ccc6oc7ccccc7c6c5)ccc3n4-c3ccccc3)cc2-c2c1ccc1c2sc2ccccc21. The van der Waals surface area contributed by atoms with Crippen LogP contribution in [0.4, 0.5) is 0 Å². The van der Waals surface area contributed by atoms with Crippen LogP contribution in [0.3, 0.4) is 0 Å². The lowest BCUT2D eigenvalue weighted by atomic mass is 9.82. The van der Waals surface area contributed by atoms with Crippen molar-refractivity contribution in [3.63, 3.8) is 0 Å². The molecule has 0 saturated carbocycles. The molecule has 0 radical (unpaired) electrons. The average molecular weight is 708 g/mol. The fourth-order valence-electron chi connectivity index (χ4n) is 9.34. The minimum absolute atomic E-state index is 0.0667. The summed E-state index contributed by atoms with van der Waals surface area (Å²) in [5, 5.41) is 7.48. The van der Waals surface area contributed by atoms with Crippen LogP contribution in [0.5, 0.6) is 0 Å². The molecule has 0 fully saturated rings. The number of aromatic nitrogens is 1. The van der Waals surface area contributed by atoms with Crippen LogP contribution in [0, 0.1) is 0 Å². The van der Waals surface area contributed by atoms with Gasteiger partial charge in [0.15, 0.2) is 0 Å². The molecule has 0 atom stereocenters. The first kappa shape index (κ1) is 30.1. The first-order chi connectivity index (χ1) is 26.5. The zero-order valence-corrected chi connectivity index (χ0v) is 30.7. The van der Waals surface area contributed by atoms with Gasteiger partial charge in [-0.15, -0.1) is 11.3 Å². The summed E-state index contributed by atoms with van der Waals surface area (Å²) in [6, 6.07) is 60.3. The third kappa shape index (κ3) is 4.10. The van der Waals surface area contributed by atoms with Gasteiger partial charge in [0.1, 0.15) is 11.2 Å². The van der Waals surface area contributed by atoms with Crippen molar-refractivity contribution in [2.45, 2.75) is 19.3 Å². The summed E-state index contributed by atoms with van der Waals surface area (Å²) in [5.41, 5.74) is 15.8. The molecule has 254 valence electrons. The van der Waals surface area contributed by atoms with Crippen molar-refractivity contribution in [2.24, 2.45) is 0 Å². The van der Waals surface area contributed by atoms with E-state index in [1.54, 1.807) is 0 Å². The zero-order valence-electron chi connectivity index (χ0n) is 29.9. The summed E-state index contributed by atoms with van der Waals surface area (Å²) in [6.07, 6.45) is 0. The molecule has 0 unspecified atom stereocenters. The number of hydrogen-bond acceptors (Lipinski definition) is 2. The van der Waals surface area contributed by atoms with Crippen LogP contribution in [-0.2, 0) is 5.41 Å². The normalized spacial score (nSPS) is 13.5. The molecule has 0 amide bonds. The highest BCUT2D eigenvalue weighted by Gasteiger charge is 2.37. The summed E-state index contributed by atoms with van der Waals surface area (Å²) in [4.78, 5) is 0. The Hall–Kier alpha value is -6.42. The Balaban J connectivity index is 1.06. The molecule has 1 aliphatic carbocycles. The van der Waals surface area contributed by atoms with Gasteiger partial charge in [0.2, 0.25) is 0 Å². The zero-order chi connectivity index (χ0) is 35.7. The van der Waals surface area contributed by atoms with Crippen molar-refractivity contribution in [1.82, 2.24) is 4.57 Å². The number of fused-ring (bicyclic) bond motifs is 13. The second-order valence-electron chi connectivity index (χ2n) is 15.3. The summed E-state index contributed by atoms with van der Waals surface area (Å²) in [7, 11) is 0. The highest BCUT2D eigenvalue weighted by molar-refractivity contribution is 7.26. The Bertz CT molecular complexity index is 3360. The first-order valence-electron chi connectivity index (χ1n) is 18.7. The fourth-order valence-corrected chi connectivity index (χ4v) is 10.6. The van der Waals surface area contributed by atoms with Gasteiger partial charge in [-0.05, 0) is 106 Å². The molecule has 12 rings (SSSR count). The molecule has 3 heterocycles. The van der Waals surface area contributed by atoms with Gasteiger partial charge in [0, 0.05) is 58.4 Å². The predicted molar refractivity (Wildman–Crippen MR) is 229 cm³/mol. The Kier molecular flexibility index (Phi) is 6.03. The van der Waals surface area contributed by atoms with Gasteiger partial charge in [-0.2, -0.15) is 0 Å². The van der Waals surface area contributed by atoms with Crippen molar-refractivity contribution >= 4 is 75.3 Å². The number of hydrogen-bond donors (Lipinski definition) is 0. The molecule has 0 aliphatic heterocycles. The van der Waals surface area contributed by atoms with Crippen molar-refractivity contribution in [1.29, 1.82) is 0 Å². The van der Waals surface area contributed by atoms with Crippen molar-refractivity contribution < 1.29 is 4.42 Å². The number of furan rings is 1. The van der Waals surface area contributed by atoms with Gasteiger partial charge in [0.05, 0.1) is 11.0 Å². The van der Waals surface area contributed by atoms with Gasteiger partial charge in [-0.1, -0.05) is 111 Å². The van der Waals surface area contributed by atoms with E-state index < -0.39 is 0 Å². The van der Waals surface area contributed by atoms with Gasteiger partial charge in [0.25, 0.3) is 0 Å². The average Bonchev–Trinajstić information content (AvgIpc) is 3.94. The van der Waals surface area contributed by atoms with Gasteiger partial charge in [-0.25, -0.2) is 0 Å². The molecule has 8 aromatic carbocycles. The van der Waals surface area contributed by atoms with E-state index in [1.807, 2.05) is 23.5 Å². The van der Waals surface area contributed by atoms with Crippen molar-refractivity contribution in [2.75, 3.05) is 0 Å². The number of para-hydroxylation sites is 2. The van der Waals surface area contributed by atoms with Gasteiger partial charge >= 0.3 is 0 Å². The Morgan fingerprint density at radius 3 is 1.83 bits per heavy atom. The Morgan fingerprint density at radius 2 is 1.06 bits per heavy atom. The van der Waals surface area contributed by atoms with E-state index in [-0.39, 0.29) is 5.41 Å². The molecule has 54 heavy (non-hydrogen) atoms. The van der Waals surface area contributed by atoms with Crippen LogP contribution in [0.1, 0.15) is 25.0 Å². The van der Waals surface area contributed by atoms with E-state index in [0.717, 1.165) is 27.6 Å². The number of rotatable bonds is 3. The maximum Gasteiger partial charge on any atom is 0.135 e. The third-order valence-corrected chi connectivity index (χ3v) is 13.2. The molecule has 1 aliphatic rings. The van der Waals surface area contributed by atoms with E-state index in [1.165, 1.54) is 86.5 Å². The lowest BCUT2D eigenvalue weighted by molar-refractivity contribution is 0.661. The van der Waals surface area contributed by atoms with Crippen molar-refractivity contribution in [3.05, 3.63) is 175 Å². The summed E-state index contributed by atoms with van der Waals surface area (Å²) >= 11 is 1.93. The molecule has 3 aromatic heterocycles. The number of thiophene rings is 1. The molecule has 2 nitrogen and oxygen atoms in total. The largest absolute Gasteiger partial charge is 0.456 e. The third-order valence-electron chi connectivity index (χ3n) is 12.0. The van der Waals surface area contributed by atoms with Crippen LogP contribution >= 0.6 is 11.3 Å². The summed E-state index contributed by atoms with van der Waals surface area (Å²) < 4.78 is 11.3. The van der Waals surface area contributed by atoms with Gasteiger partial charge < -0.3 is 8.98 Å². The van der Waals surface area contributed by atoms with Crippen LogP contribution in [-0.4, -0.2) is 4.57 Å². The lowest BCUT2D eigenvalue weighted by Crippen LogP contribution is -2.14. The van der Waals surface area contributed by atoms with E-state index >= 15 is 0 Å². The van der Waals surface area contributed by atoms with E-state index in [4.69, 9.17) is 4.42 Å². The molecule has 0 N–H and O–H groups in total. The monoisotopic (exact) mass is 707 g/mol. The molecule has 0 spiro atoms. The summed E-state index contributed by atoms with van der Waals surface area (Å²) in [6.45, 7) is 4.76. The molecular weight excluding hydrogens is 675 g/mol. The second-order valence-corrected chi connectivity index (χ2v) is 16.3. The van der Waals surface area contributed by atoms with Crippen LogP contribution in [0.15, 0.2) is 168 Å². The highest BCUT2D eigenvalue weighted by atomic mass is 32.1. The Morgan fingerprint density at radius 1 is 0.463 bits per heavy atom. The van der Waals surface area contributed by atoms with Gasteiger partial charge in [-0.3, -0.25) is 0 Å². The van der Waals surface area contributed by atoms with Crippen molar-refractivity contribution in [3.8, 4) is 39.1 Å². The second kappa shape index (κ2) is 10.8. The lowest BCUT2D eigenvalue weighted by Gasteiger charge is -2.21. The smallest absolute Gasteiger partial charge is 0.135 e. The molecule has 0 bridgehead atoms. The Labute approximate surface area is 316 Å². The van der Waals surface area contributed by atoms with Crippen LogP contribution in [0.2, 0.25) is 0 Å². The van der Waals surface area contributed by atoms with E-state index in [2.05, 4.69) is 170 Å². The maximum absolute atomic E-state index is 6.17. The summed E-state index contributed by atoms with van der Waals surface area (Å²) in [5.74, 6) is 0. The fraction of sp³-hybridized carbons (Fsp3) is 0.0588.